The number of non-ortho nitro benzene ring substituents is 1. The summed E-state index contributed by atoms with van der Waals surface area (Å²) in [5, 5.41) is 96.5. The Hall–Kier alpha value is -8.50. The number of aromatic carboxylic acids is 1. The molecule has 472 valence electrons. The van der Waals surface area contributed by atoms with Crippen LogP contribution in [0, 0.1) is 17.0 Å². The van der Waals surface area contributed by atoms with E-state index in [9.17, 15) is 90.5 Å². The van der Waals surface area contributed by atoms with Crippen LogP contribution in [-0.4, -0.2) is 109 Å². The summed E-state index contributed by atoms with van der Waals surface area (Å²) < 4.78 is 187. The molecule has 0 saturated carbocycles. The molecule has 0 amide bonds. The van der Waals surface area contributed by atoms with Gasteiger partial charge >= 0.3 is 16.1 Å². The number of azo groups is 4. The van der Waals surface area contributed by atoms with Crippen molar-refractivity contribution >= 4 is 159 Å². The molecule has 7 aromatic rings. The normalized spacial score (nSPS) is 12.9. The van der Waals surface area contributed by atoms with Gasteiger partial charge in [-0.05, 0) is 79.6 Å². The second-order valence-corrected chi connectivity index (χ2v) is 25.6. The highest BCUT2D eigenvalue weighted by molar-refractivity contribution is 7.95. The lowest BCUT2D eigenvalue weighted by atomic mass is 10.0. The third kappa shape index (κ3) is 15.5. The number of nitrogens with two attached hydrogens (primary N) is 2. The fourth-order valence-electron chi connectivity index (χ4n) is 7.67. The summed E-state index contributed by atoms with van der Waals surface area (Å²) in [5.74, 6) is 0.622. The summed E-state index contributed by atoms with van der Waals surface area (Å²) >= 11 is 0.621. The van der Waals surface area contributed by atoms with Crippen molar-refractivity contribution < 1.29 is 124 Å². The number of carboxylic acids is 1. The lowest BCUT2D eigenvalue weighted by molar-refractivity contribution is -0.432. The van der Waals surface area contributed by atoms with Gasteiger partial charge in [0.2, 0.25) is 0 Å². The Balaban J connectivity index is 1.37. The molecule has 0 radical (unpaired) electrons. The van der Waals surface area contributed by atoms with Gasteiger partial charge in [-0.1, -0.05) is 10.1 Å². The number of phenolic OH excluding ortho intramolecular Hbond substituents is 2. The van der Waals surface area contributed by atoms with E-state index < -0.39 is 169 Å². The molecule has 0 aromatic heterocycles. The summed E-state index contributed by atoms with van der Waals surface area (Å²) in [4.78, 5) is 16.1. The maximum Gasteiger partial charge on any atom is 0.338 e. The van der Waals surface area contributed by atoms with E-state index in [1.54, 1.807) is 0 Å². The number of aromatic hydroxyl groups is 2. The van der Waals surface area contributed by atoms with Gasteiger partial charge in [0.25, 0.3) is 46.2 Å². The number of ether oxygens (including phenoxy) is 1. The Bertz CT molecular complexity index is 4790. The van der Waals surface area contributed by atoms with Gasteiger partial charge < -0.3 is 25.8 Å². The van der Waals surface area contributed by atoms with Gasteiger partial charge in [-0.3, -0.25) is 28.3 Å². The summed E-state index contributed by atoms with van der Waals surface area (Å²) in [6, 6.07) is 10.0. The van der Waals surface area contributed by atoms with E-state index >= 15 is 0 Å². The summed E-state index contributed by atoms with van der Waals surface area (Å²) in [5.41, 5.74) is -1.08. The number of nitro groups is 1. The van der Waals surface area contributed by atoms with Crippen LogP contribution in [0.4, 0.5) is 56.9 Å². The molecule has 0 heterocycles. The van der Waals surface area contributed by atoms with Crippen LogP contribution in [0.1, 0.15) is 22.3 Å². The van der Waals surface area contributed by atoms with Crippen LogP contribution in [0.5, 0.6) is 17.2 Å². The minimum atomic E-state index is -5.71. The largest absolute Gasteiger partial charge is 0.505 e. The lowest BCUT2D eigenvalue weighted by Gasteiger charge is -2.15. The van der Waals surface area contributed by atoms with Crippen molar-refractivity contribution in [2.24, 2.45) is 46.8 Å². The molecule has 7 rings (SSSR count). The Labute approximate surface area is 504 Å². The molecule has 39 nitrogen and oxygen atoms in total. The quantitative estimate of drug-likeness (QED) is 0.00351. The fourth-order valence-corrected chi connectivity index (χ4v) is 11.9. The number of hydrogen-bond donors (Lipinski definition) is 11. The molecule has 89 heavy (non-hydrogen) atoms. The summed E-state index contributed by atoms with van der Waals surface area (Å²) in [7, 11) is -26.7. The molecular formula is C43H35N11O28S7. The van der Waals surface area contributed by atoms with Crippen molar-refractivity contribution in [1.29, 1.82) is 0 Å². The van der Waals surface area contributed by atoms with Crippen LogP contribution in [-0.2, 0) is 73.6 Å². The van der Waals surface area contributed by atoms with Crippen molar-refractivity contribution in [3.05, 3.63) is 100 Å². The summed E-state index contributed by atoms with van der Waals surface area (Å²) in [6.45, 7) is 1.21. The van der Waals surface area contributed by atoms with Gasteiger partial charge in [0.1, 0.15) is 65.1 Å². The van der Waals surface area contributed by atoms with Crippen molar-refractivity contribution in [1.82, 2.24) is 0 Å². The van der Waals surface area contributed by atoms with Gasteiger partial charge in [-0.25, -0.2) is 15.3 Å². The monoisotopic (exact) mass is 1380 g/mol. The first-order valence-electron chi connectivity index (χ1n) is 23.0. The standard InChI is InChI=1S/C43H35N11O28S7/c1-18-11-29(31(77-9-2-10-83-81-79-61)16-28(18)49-46-25-7-4-20(85(63,64)65)13-23(25)43(57)58)50-53-39-35(87(69,70)71)15-22-21(40(39)55)5-8-27(42(22)88(72,73)74)48-51-30-17-33(86(66,67)68)24-14-32(84-82-80-62)38(41(56)36(24)37(30)44)52-47-26-6-3-19(54(59)60)12-34(26)89(75,76)78-45/h3-8,11-17,55-56,61-62H,2,9-10,44-45H2,1H3,(H,57,58)(H,63,64,65)(H,66,67,68)(H,69,70,71)(H,72,73,74). The van der Waals surface area contributed by atoms with Gasteiger partial charge in [0.15, 0.2) is 11.5 Å². The Morgan fingerprint density at radius 3 is 1.84 bits per heavy atom. The van der Waals surface area contributed by atoms with Crippen LogP contribution >= 0.6 is 24.1 Å². The number of phenols is 2. The zero-order chi connectivity index (χ0) is 65.7. The SMILES string of the molecule is Cc1cc(N=Nc2c(S(=O)(=O)O)cc3c(S(=O)(=O)O)c(N=Nc4cc(S(=O)(=O)O)c5cc(SOOO)c(N=Nc6ccc([N+](=O)[O-])cc6S(=O)(=O)ON)c(O)c5c4N)ccc3c2O)c(OCCCSOOO)cc1N=Nc1ccc(S(=O)(=O)O)cc1C(=O)O. The van der Waals surface area contributed by atoms with E-state index in [-0.39, 0.29) is 59.2 Å². The second kappa shape index (κ2) is 27.1. The van der Waals surface area contributed by atoms with Crippen molar-refractivity contribution in [2.45, 2.75) is 42.7 Å². The number of aryl methyl sites for hydroxylation is 1. The molecule has 0 atom stereocenters. The minimum absolute atomic E-state index is 0.0250. The highest BCUT2D eigenvalue weighted by atomic mass is 32.2. The highest BCUT2D eigenvalue weighted by Crippen LogP contribution is 2.51. The number of nitrogen functional groups attached to an aromatic ring is 1. The maximum absolute atomic E-state index is 13.3. The lowest BCUT2D eigenvalue weighted by Crippen LogP contribution is -2.11. The smallest absolute Gasteiger partial charge is 0.338 e. The number of hydrogen-bond acceptors (Lipinski definition) is 35. The predicted molar refractivity (Wildman–Crippen MR) is 300 cm³/mol. The van der Waals surface area contributed by atoms with E-state index in [4.69, 9.17) is 26.9 Å². The van der Waals surface area contributed by atoms with Crippen LogP contribution in [0.2, 0.25) is 0 Å². The predicted octanol–water partition coefficient (Wildman–Crippen LogP) is 9.40. The van der Waals surface area contributed by atoms with Gasteiger partial charge in [0, 0.05) is 52.2 Å². The molecule has 0 aliphatic carbocycles. The van der Waals surface area contributed by atoms with Gasteiger partial charge in [0.05, 0.1) is 55.7 Å². The molecule has 0 unspecified atom stereocenters. The molecule has 0 fully saturated rings. The molecule has 46 heteroatoms. The molecule has 7 aromatic carbocycles. The van der Waals surface area contributed by atoms with E-state index in [1.165, 1.54) is 19.1 Å². The Kier molecular flexibility index (Phi) is 20.7. The molecule has 0 bridgehead atoms. The number of nitrogens with zero attached hydrogens (tertiary/aromatic N) is 9. The highest BCUT2D eigenvalue weighted by Gasteiger charge is 2.31. The zero-order valence-electron chi connectivity index (χ0n) is 43.4. The molecule has 0 aliphatic rings. The van der Waals surface area contributed by atoms with Crippen molar-refractivity contribution in [3.8, 4) is 17.2 Å². The second-order valence-electron chi connectivity index (χ2n) is 17.0. The first kappa shape index (κ1) is 68.0. The van der Waals surface area contributed by atoms with Crippen molar-refractivity contribution in [3.63, 3.8) is 0 Å². The first-order chi connectivity index (χ1) is 41.6. The molecule has 0 aliphatic heterocycles. The average molecular weight is 1380 g/mol. The topological polar surface area (TPSA) is 619 Å². The van der Waals surface area contributed by atoms with Crippen LogP contribution in [0.3, 0.4) is 0 Å². The molecule has 13 N–H and O–H groups in total. The number of nitro benzene ring substituents is 1. The average Bonchev–Trinajstić information content (AvgIpc) is 0.807. The van der Waals surface area contributed by atoms with E-state index in [0.29, 0.717) is 36.3 Å². The molecular weight excluding hydrogens is 1340 g/mol. The third-order valence-corrected chi connectivity index (χ3v) is 17.4. The Morgan fingerprint density at radius 2 is 1.22 bits per heavy atom. The van der Waals surface area contributed by atoms with E-state index in [2.05, 4.69) is 63.9 Å². The summed E-state index contributed by atoms with van der Waals surface area (Å²) in [6.07, 6.45) is 0.147. The van der Waals surface area contributed by atoms with Crippen LogP contribution in [0.15, 0.2) is 149 Å². The molecule has 0 spiro atoms. The number of carboxylic acid groups (broad SMARTS) is 1. The Morgan fingerprint density at radius 1 is 0.618 bits per heavy atom. The van der Waals surface area contributed by atoms with E-state index in [1.807, 2.05) is 0 Å². The van der Waals surface area contributed by atoms with Crippen LogP contribution in [0.25, 0.3) is 21.5 Å². The maximum atomic E-state index is 13.3. The number of fused-ring (bicyclic) bond motifs is 2. The number of benzene rings is 7. The van der Waals surface area contributed by atoms with Gasteiger partial charge in [-0.2, -0.15) is 57.4 Å². The molecule has 0 saturated heterocycles. The minimum Gasteiger partial charge on any atom is -0.505 e. The zero-order valence-corrected chi connectivity index (χ0v) is 49.2. The first-order valence-corrected chi connectivity index (χ1v) is 31.8. The van der Waals surface area contributed by atoms with E-state index in [0.717, 1.165) is 42.5 Å². The fraction of sp³-hybridized carbons (Fsp3) is 0.0930. The van der Waals surface area contributed by atoms with Crippen LogP contribution < -0.4 is 16.4 Å². The van der Waals surface area contributed by atoms with Crippen molar-refractivity contribution in [2.75, 3.05) is 18.1 Å². The number of carbonyl (C=O) groups is 1. The van der Waals surface area contributed by atoms with Gasteiger partial charge in [-0.15, -0.1) is 44.5 Å². The third-order valence-electron chi connectivity index (χ3n) is 11.5. The number of anilines is 1. The number of rotatable bonds is 26.